The molecule has 1 aromatic rings. The third kappa shape index (κ3) is 2.83. The monoisotopic (exact) mass is 269 g/mol. The number of rotatable bonds is 5. The molecule has 5 heteroatoms. The van der Waals surface area contributed by atoms with Crippen LogP contribution in [0.15, 0.2) is 4.79 Å². The van der Waals surface area contributed by atoms with Crippen LogP contribution in [0.3, 0.4) is 0 Å². The van der Waals surface area contributed by atoms with Gasteiger partial charge in [-0.2, -0.15) is 0 Å². The second-order valence-electron chi connectivity index (χ2n) is 4.93. The van der Waals surface area contributed by atoms with E-state index in [1.807, 2.05) is 0 Å². The summed E-state index contributed by atoms with van der Waals surface area (Å²) in [6, 6.07) is 0. The maximum atomic E-state index is 11.9. The molecule has 0 bridgehead atoms. The smallest absolute Gasteiger partial charge is 0.307 e. The van der Waals surface area contributed by atoms with E-state index in [2.05, 4.69) is 6.92 Å². The molecule has 1 unspecified atom stereocenters. The Morgan fingerprint density at radius 2 is 2.33 bits per heavy atom. The van der Waals surface area contributed by atoms with Crippen molar-refractivity contribution in [2.75, 3.05) is 0 Å². The highest BCUT2D eigenvalue weighted by Crippen LogP contribution is 2.30. The molecule has 1 aliphatic rings. The number of fused-ring (bicyclic) bond motifs is 1. The van der Waals surface area contributed by atoms with Crippen LogP contribution in [0.2, 0.25) is 0 Å². The van der Waals surface area contributed by atoms with E-state index in [4.69, 9.17) is 5.11 Å². The summed E-state index contributed by atoms with van der Waals surface area (Å²) in [6.45, 7) is 2.51. The number of nitrogens with zero attached hydrogens (tertiary/aromatic N) is 1. The van der Waals surface area contributed by atoms with Crippen molar-refractivity contribution in [3.63, 3.8) is 0 Å². The quantitative estimate of drug-likeness (QED) is 0.892. The summed E-state index contributed by atoms with van der Waals surface area (Å²) >= 11 is 1.31. The Bertz CT molecular complexity index is 489. The first-order valence-corrected chi connectivity index (χ1v) is 7.36. The molecule has 0 amide bonds. The van der Waals surface area contributed by atoms with Crippen LogP contribution < -0.4 is 4.87 Å². The largest absolute Gasteiger partial charge is 0.481 e. The van der Waals surface area contributed by atoms with Crippen molar-refractivity contribution in [3.8, 4) is 0 Å². The highest BCUT2D eigenvalue weighted by Gasteiger charge is 2.23. The van der Waals surface area contributed by atoms with E-state index in [-0.39, 0.29) is 11.3 Å². The van der Waals surface area contributed by atoms with Crippen LogP contribution in [0.4, 0.5) is 0 Å². The van der Waals surface area contributed by atoms with Crippen molar-refractivity contribution >= 4 is 17.3 Å². The van der Waals surface area contributed by atoms with Crippen LogP contribution in [-0.2, 0) is 24.2 Å². The molecule has 1 atom stereocenters. The third-order valence-electron chi connectivity index (χ3n) is 3.59. The lowest BCUT2D eigenvalue weighted by Gasteiger charge is -2.22. The van der Waals surface area contributed by atoms with Gasteiger partial charge in [0.2, 0.25) is 0 Å². The van der Waals surface area contributed by atoms with Crippen LogP contribution in [-0.4, -0.2) is 15.6 Å². The molecule has 0 fully saturated rings. The maximum Gasteiger partial charge on any atom is 0.307 e. The van der Waals surface area contributed by atoms with Crippen LogP contribution in [0, 0.1) is 5.92 Å². The summed E-state index contributed by atoms with van der Waals surface area (Å²) in [7, 11) is 0. The highest BCUT2D eigenvalue weighted by molar-refractivity contribution is 7.09. The van der Waals surface area contributed by atoms with Gasteiger partial charge in [-0.25, -0.2) is 0 Å². The van der Waals surface area contributed by atoms with E-state index in [1.165, 1.54) is 29.1 Å². The number of carbonyl (C=O) groups is 1. The third-order valence-corrected chi connectivity index (χ3v) is 4.63. The predicted octanol–water partition coefficient (Wildman–Crippen LogP) is 2.29. The first kappa shape index (κ1) is 13.3. The molecule has 0 saturated carbocycles. The number of aromatic nitrogens is 1. The van der Waals surface area contributed by atoms with Crippen LogP contribution in [0.25, 0.3) is 0 Å². The zero-order chi connectivity index (χ0) is 13.1. The summed E-state index contributed by atoms with van der Waals surface area (Å²) in [5.74, 6) is -0.144. The minimum atomic E-state index is -0.846. The van der Waals surface area contributed by atoms with E-state index >= 15 is 0 Å². The molecular weight excluding hydrogens is 250 g/mol. The minimum Gasteiger partial charge on any atom is -0.481 e. The molecule has 1 N–H and O–H groups in total. The first-order valence-electron chi connectivity index (χ1n) is 6.55. The Morgan fingerprint density at radius 3 is 3.00 bits per heavy atom. The second-order valence-corrected chi connectivity index (χ2v) is 5.98. The van der Waals surface area contributed by atoms with Crippen molar-refractivity contribution in [2.45, 2.75) is 52.0 Å². The van der Waals surface area contributed by atoms with Crippen LogP contribution in [0.1, 0.15) is 43.2 Å². The molecule has 1 heterocycles. The van der Waals surface area contributed by atoms with E-state index in [0.717, 1.165) is 25.0 Å². The Hall–Kier alpha value is -1.10. The fraction of sp³-hybridized carbons (Fsp3) is 0.692. The van der Waals surface area contributed by atoms with Gasteiger partial charge in [-0.3, -0.25) is 9.59 Å². The van der Waals surface area contributed by atoms with Crippen molar-refractivity contribution in [3.05, 3.63) is 20.2 Å². The second kappa shape index (κ2) is 5.69. The fourth-order valence-electron chi connectivity index (χ4n) is 2.71. The van der Waals surface area contributed by atoms with E-state index < -0.39 is 5.97 Å². The molecule has 0 radical (unpaired) electrons. The lowest BCUT2D eigenvalue weighted by molar-refractivity contribution is -0.137. The molecule has 0 aliphatic heterocycles. The van der Waals surface area contributed by atoms with Crippen molar-refractivity contribution in [1.29, 1.82) is 0 Å². The Morgan fingerprint density at radius 1 is 1.56 bits per heavy atom. The normalized spacial score (nSPS) is 18.6. The number of carboxylic acid groups (broad SMARTS) is 1. The number of hydrogen-bond donors (Lipinski definition) is 1. The van der Waals surface area contributed by atoms with Crippen molar-refractivity contribution in [1.82, 2.24) is 4.57 Å². The zero-order valence-electron chi connectivity index (χ0n) is 10.6. The minimum absolute atomic E-state index is 0.0124. The van der Waals surface area contributed by atoms with Crippen molar-refractivity contribution < 1.29 is 9.90 Å². The van der Waals surface area contributed by atoms with Gasteiger partial charge < -0.3 is 9.67 Å². The van der Waals surface area contributed by atoms with E-state index in [0.29, 0.717) is 12.5 Å². The standard InChI is InChI=1S/C13H19NO3S/c1-2-3-9-4-5-10-11(8-9)18-13(17)14(10)7-6-12(15)16/h9H,2-8H2,1H3,(H,15,16). The van der Waals surface area contributed by atoms with Gasteiger partial charge in [0.05, 0.1) is 6.42 Å². The number of hydrogen-bond acceptors (Lipinski definition) is 3. The molecule has 0 saturated heterocycles. The van der Waals surface area contributed by atoms with Gasteiger partial charge in [-0.05, 0) is 25.2 Å². The Kier molecular flexibility index (Phi) is 4.22. The van der Waals surface area contributed by atoms with Crippen LogP contribution >= 0.6 is 11.3 Å². The van der Waals surface area contributed by atoms with Crippen LogP contribution in [0.5, 0.6) is 0 Å². The molecular formula is C13H19NO3S. The fourth-order valence-corrected chi connectivity index (χ4v) is 3.88. The van der Waals surface area contributed by atoms with Gasteiger partial charge in [0.1, 0.15) is 0 Å². The van der Waals surface area contributed by atoms with E-state index in [1.54, 1.807) is 4.57 Å². The van der Waals surface area contributed by atoms with Gasteiger partial charge in [0.15, 0.2) is 0 Å². The first-order chi connectivity index (χ1) is 8.61. The van der Waals surface area contributed by atoms with Gasteiger partial charge in [-0.15, -0.1) is 0 Å². The van der Waals surface area contributed by atoms with E-state index in [9.17, 15) is 9.59 Å². The SMILES string of the molecule is CCCC1CCc2c(sc(=O)n2CCC(=O)O)C1. The molecule has 2 rings (SSSR count). The molecule has 100 valence electrons. The Labute approximate surface area is 110 Å². The maximum absolute atomic E-state index is 11.9. The summed E-state index contributed by atoms with van der Waals surface area (Å²) in [5, 5.41) is 8.71. The predicted molar refractivity (Wildman–Crippen MR) is 71.3 cm³/mol. The Balaban J connectivity index is 2.15. The molecule has 0 aromatic carbocycles. The zero-order valence-corrected chi connectivity index (χ0v) is 11.5. The number of carboxylic acids is 1. The van der Waals surface area contributed by atoms with Gasteiger partial charge in [-0.1, -0.05) is 31.1 Å². The molecule has 1 aliphatic carbocycles. The molecule has 4 nitrogen and oxygen atoms in total. The van der Waals surface area contributed by atoms with Gasteiger partial charge in [0.25, 0.3) is 0 Å². The molecule has 0 spiro atoms. The highest BCUT2D eigenvalue weighted by atomic mass is 32.1. The van der Waals surface area contributed by atoms with Gasteiger partial charge >= 0.3 is 10.8 Å². The molecule has 18 heavy (non-hydrogen) atoms. The summed E-state index contributed by atoms with van der Waals surface area (Å²) in [6.07, 6.45) is 5.50. The molecule has 1 aromatic heterocycles. The lowest BCUT2D eigenvalue weighted by atomic mass is 9.88. The topological polar surface area (TPSA) is 59.3 Å². The lowest BCUT2D eigenvalue weighted by Crippen LogP contribution is -2.21. The average Bonchev–Trinajstić information content (AvgIpc) is 2.62. The number of thiazole rings is 1. The summed E-state index contributed by atoms with van der Waals surface area (Å²) in [4.78, 5) is 23.7. The van der Waals surface area contributed by atoms with Crippen molar-refractivity contribution in [2.24, 2.45) is 5.92 Å². The summed E-state index contributed by atoms with van der Waals surface area (Å²) in [5.41, 5.74) is 1.10. The van der Waals surface area contributed by atoms with Gasteiger partial charge in [0, 0.05) is 17.1 Å². The number of aliphatic carboxylic acids is 1. The summed E-state index contributed by atoms with van der Waals surface area (Å²) < 4.78 is 1.68. The average molecular weight is 269 g/mol.